The molecule has 2 spiro atoms. The minimum absolute atomic E-state index is 0.0566. The van der Waals surface area contributed by atoms with Crippen molar-refractivity contribution in [2.24, 2.45) is 40.4 Å². The number of allylic oxidation sites excluding steroid dienone is 3. The van der Waals surface area contributed by atoms with Gasteiger partial charge in [0.2, 0.25) is 0 Å². The van der Waals surface area contributed by atoms with Crippen molar-refractivity contribution in [1.29, 1.82) is 0 Å². The van der Waals surface area contributed by atoms with Crippen molar-refractivity contribution in [1.82, 2.24) is 0 Å². The van der Waals surface area contributed by atoms with Crippen molar-refractivity contribution in [3.8, 4) is 0 Å². The normalized spacial score (nSPS) is 52.5. The lowest BCUT2D eigenvalue weighted by Crippen LogP contribution is -2.73. The SMILES string of the molecule is C=C(C)C(C)C=CC(C)C1CCC2C1(C)CCC1C23C=CC2(CC(O)CCC12C)OO3. The summed E-state index contributed by atoms with van der Waals surface area (Å²) in [5, 5.41) is 10.4. The molecule has 0 aromatic rings. The van der Waals surface area contributed by atoms with Gasteiger partial charge in [0.1, 0.15) is 11.2 Å². The second-order valence-corrected chi connectivity index (χ2v) is 12.3. The molecule has 2 aliphatic heterocycles. The zero-order chi connectivity index (χ0) is 22.2. The highest BCUT2D eigenvalue weighted by Crippen LogP contribution is 2.72. The van der Waals surface area contributed by atoms with E-state index in [-0.39, 0.29) is 22.5 Å². The van der Waals surface area contributed by atoms with Gasteiger partial charge < -0.3 is 5.11 Å². The zero-order valence-corrected chi connectivity index (χ0v) is 20.2. The van der Waals surface area contributed by atoms with Gasteiger partial charge in [-0.05, 0) is 74.7 Å². The fourth-order valence-electron chi connectivity index (χ4n) is 8.64. The number of fused-ring (bicyclic) bond motifs is 2. The first kappa shape index (κ1) is 21.9. The molecule has 2 bridgehead atoms. The van der Waals surface area contributed by atoms with Crippen LogP contribution in [0.2, 0.25) is 0 Å². The smallest absolute Gasteiger partial charge is 0.130 e. The first-order valence-corrected chi connectivity index (χ1v) is 12.7. The number of aliphatic hydroxyl groups excluding tert-OH is 1. The average Bonchev–Trinajstić information content (AvgIpc) is 3.09. The van der Waals surface area contributed by atoms with Crippen LogP contribution in [0.1, 0.15) is 79.6 Å². The first-order chi connectivity index (χ1) is 14.6. The second-order valence-electron chi connectivity index (χ2n) is 12.3. The van der Waals surface area contributed by atoms with Crippen LogP contribution in [0.15, 0.2) is 36.5 Å². The van der Waals surface area contributed by atoms with E-state index in [0.717, 1.165) is 12.8 Å². The van der Waals surface area contributed by atoms with Crippen molar-refractivity contribution in [3.05, 3.63) is 36.5 Å². The summed E-state index contributed by atoms with van der Waals surface area (Å²) < 4.78 is 0. The van der Waals surface area contributed by atoms with Gasteiger partial charge in [0, 0.05) is 23.7 Å². The monoisotopic (exact) mass is 426 g/mol. The van der Waals surface area contributed by atoms with Gasteiger partial charge in [-0.2, -0.15) is 0 Å². The summed E-state index contributed by atoms with van der Waals surface area (Å²) in [4.78, 5) is 12.7. The third-order valence-electron chi connectivity index (χ3n) is 10.8. The van der Waals surface area contributed by atoms with Gasteiger partial charge in [-0.1, -0.05) is 58.1 Å². The Labute approximate surface area is 188 Å². The number of hydrogen-bond donors (Lipinski definition) is 1. The van der Waals surface area contributed by atoms with Crippen LogP contribution in [0.3, 0.4) is 0 Å². The van der Waals surface area contributed by atoms with Crippen LogP contribution < -0.4 is 0 Å². The van der Waals surface area contributed by atoms with Gasteiger partial charge >= 0.3 is 0 Å². The predicted molar refractivity (Wildman–Crippen MR) is 124 cm³/mol. The fourth-order valence-corrected chi connectivity index (χ4v) is 8.64. The largest absolute Gasteiger partial charge is 0.393 e. The van der Waals surface area contributed by atoms with Crippen LogP contribution >= 0.6 is 0 Å². The average molecular weight is 427 g/mol. The van der Waals surface area contributed by atoms with E-state index >= 15 is 0 Å². The molecule has 6 aliphatic rings. The Balaban J connectivity index is 1.46. The van der Waals surface area contributed by atoms with Crippen molar-refractivity contribution in [2.75, 3.05) is 0 Å². The molecule has 6 rings (SSSR count). The maximum absolute atomic E-state index is 10.4. The lowest BCUT2D eigenvalue weighted by atomic mass is 9.43. The highest BCUT2D eigenvalue weighted by Gasteiger charge is 2.74. The molecule has 3 heteroatoms. The molecule has 1 saturated heterocycles. The molecule has 10 atom stereocenters. The third-order valence-corrected chi connectivity index (χ3v) is 10.8. The van der Waals surface area contributed by atoms with Gasteiger partial charge in [-0.25, -0.2) is 9.78 Å². The third kappa shape index (κ3) is 2.82. The van der Waals surface area contributed by atoms with E-state index in [4.69, 9.17) is 9.78 Å². The van der Waals surface area contributed by atoms with Crippen LogP contribution in [0.5, 0.6) is 0 Å². The second kappa shape index (κ2) is 7.05. The lowest BCUT2D eigenvalue weighted by molar-refractivity contribution is -0.497. The molecule has 4 fully saturated rings. The van der Waals surface area contributed by atoms with Crippen LogP contribution in [-0.4, -0.2) is 22.4 Å². The summed E-state index contributed by atoms with van der Waals surface area (Å²) in [5.74, 6) is 2.65. The molecular formula is C28H42O3. The predicted octanol–water partition coefficient (Wildman–Crippen LogP) is 6.39. The van der Waals surface area contributed by atoms with Crippen LogP contribution in [0, 0.1) is 40.4 Å². The Morgan fingerprint density at radius 1 is 1.03 bits per heavy atom. The summed E-state index contributed by atoms with van der Waals surface area (Å²) in [6.45, 7) is 15.8. The molecular weight excluding hydrogens is 384 g/mol. The molecule has 0 radical (unpaired) electrons. The summed E-state index contributed by atoms with van der Waals surface area (Å²) in [7, 11) is 0. The molecule has 3 nitrogen and oxygen atoms in total. The molecule has 31 heavy (non-hydrogen) atoms. The lowest BCUT2D eigenvalue weighted by Gasteiger charge is -2.69. The van der Waals surface area contributed by atoms with E-state index in [1.54, 1.807) is 0 Å². The van der Waals surface area contributed by atoms with Gasteiger partial charge in [0.15, 0.2) is 0 Å². The van der Waals surface area contributed by atoms with E-state index in [2.05, 4.69) is 65.5 Å². The van der Waals surface area contributed by atoms with Crippen LogP contribution in [0.4, 0.5) is 0 Å². The minimum atomic E-state index is -0.447. The van der Waals surface area contributed by atoms with Crippen LogP contribution in [-0.2, 0) is 9.78 Å². The maximum Gasteiger partial charge on any atom is 0.130 e. The Morgan fingerprint density at radius 2 is 1.81 bits per heavy atom. The highest BCUT2D eigenvalue weighted by atomic mass is 17.2. The van der Waals surface area contributed by atoms with E-state index in [9.17, 15) is 5.11 Å². The van der Waals surface area contributed by atoms with E-state index in [0.29, 0.717) is 36.0 Å². The van der Waals surface area contributed by atoms with Crippen molar-refractivity contribution in [3.63, 3.8) is 0 Å². The topological polar surface area (TPSA) is 38.7 Å². The Kier molecular flexibility index (Phi) is 4.98. The highest BCUT2D eigenvalue weighted by molar-refractivity contribution is 5.33. The molecule has 3 saturated carbocycles. The maximum atomic E-state index is 10.4. The molecule has 0 amide bonds. The zero-order valence-electron chi connectivity index (χ0n) is 20.2. The Hall–Kier alpha value is -0.900. The minimum Gasteiger partial charge on any atom is -0.393 e. The molecule has 0 aromatic carbocycles. The van der Waals surface area contributed by atoms with Gasteiger partial charge in [-0.3, -0.25) is 0 Å². The van der Waals surface area contributed by atoms with E-state index < -0.39 is 5.60 Å². The van der Waals surface area contributed by atoms with Crippen molar-refractivity contribution >= 4 is 0 Å². The standard InChI is InChI=1S/C28H42O3/c1-18(2)19(3)7-8-20(4)22-9-10-23-25(22,5)13-12-24-26(6)14-11-21(29)17-27(26)15-16-28(23,24)31-30-27/h7-8,15-16,19-24,29H,1,9-14,17H2,2-6H3. The summed E-state index contributed by atoms with van der Waals surface area (Å²) in [6.07, 6.45) is 16.7. The van der Waals surface area contributed by atoms with Crippen molar-refractivity contribution in [2.45, 2.75) is 96.9 Å². The summed E-state index contributed by atoms with van der Waals surface area (Å²) in [5.41, 5.74) is 0.809. The van der Waals surface area contributed by atoms with Crippen LogP contribution in [0.25, 0.3) is 0 Å². The van der Waals surface area contributed by atoms with Gasteiger partial charge in [0.25, 0.3) is 0 Å². The summed E-state index contributed by atoms with van der Waals surface area (Å²) in [6, 6.07) is 0. The van der Waals surface area contributed by atoms with Gasteiger partial charge in [-0.15, -0.1) is 0 Å². The molecule has 0 aromatic heterocycles. The summed E-state index contributed by atoms with van der Waals surface area (Å²) >= 11 is 0. The van der Waals surface area contributed by atoms with E-state index in [1.807, 2.05) is 0 Å². The van der Waals surface area contributed by atoms with Gasteiger partial charge in [0.05, 0.1) is 6.10 Å². The number of rotatable bonds is 4. The Morgan fingerprint density at radius 3 is 2.48 bits per heavy atom. The Bertz CT molecular complexity index is 815. The molecule has 1 N–H and O–H groups in total. The fraction of sp³-hybridized carbons (Fsp3) is 0.786. The number of aliphatic hydroxyl groups is 1. The quantitative estimate of drug-likeness (QED) is 0.418. The molecule has 10 unspecified atom stereocenters. The van der Waals surface area contributed by atoms with E-state index in [1.165, 1.54) is 31.3 Å². The molecule has 2 heterocycles. The molecule has 4 aliphatic carbocycles. The molecule has 172 valence electrons. The number of hydrogen-bond acceptors (Lipinski definition) is 3. The van der Waals surface area contributed by atoms with Crippen molar-refractivity contribution < 1.29 is 14.9 Å². The first-order valence-electron chi connectivity index (χ1n) is 12.7.